The second-order valence-electron chi connectivity index (χ2n) is 16.8. The number of thiol groups is 1. The van der Waals surface area contributed by atoms with Crippen molar-refractivity contribution in [3.05, 3.63) is 87.7 Å². The lowest BCUT2D eigenvalue weighted by atomic mass is 9.82. The van der Waals surface area contributed by atoms with Crippen LogP contribution in [0.4, 0.5) is 23.2 Å². The molecule has 4 saturated heterocycles. The topological polar surface area (TPSA) is 172 Å². The SMILES string of the molecule is CC1(C)C(=O)[SH](c2ccc(C#N)c(C(F)(F)F)c2)NN1c1ccc(C(=O)N2CC(N3CCC4(CCc5cc6c(cc5O4)C(=O)N(C4CCC(=O)NC4=O)C6=O)CC3)C2)c(F)c1. The van der Waals surface area contributed by atoms with Gasteiger partial charge in [-0.15, -0.1) is 0 Å². The van der Waals surface area contributed by atoms with Crippen LogP contribution < -0.4 is 19.9 Å². The lowest BCUT2D eigenvalue weighted by molar-refractivity contribution is -0.138. The number of ether oxygens (including phenoxy) is 1. The van der Waals surface area contributed by atoms with E-state index in [9.17, 15) is 47.2 Å². The molecule has 6 heterocycles. The van der Waals surface area contributed by atoms with Crippen LogP contribution in [0.3, 0.4) is 0 Å². The lowest BCUT2D eigenvalue weighted by Gasteiger charge is -2.51. The maximum absolute atomic E-state index is 15.7. The number of carbonyl (C=O) groups excluding carboxylic acids is 6. The highest BCUT2D eigenvalue weighted by molar-refractivity contribution is 8.28. The fourth-order valence-corrected chi connectivity index (χ4v) is 11.3. The van der Waals surface area contributed by atoms with Crippen LogP contribution in [0.2, 0.25) is 0 Å². The molecule has 3 aromatic rings. The van der Waals surface area contributed by atoms with E-state index in [0.29, 0.717) is 57.6 Å². The number of hydrogen-bond donors (Lipinski definition) is 3. The van der Waals surface area contributed by atoms with Crippen LogP contribution in [0.15, 0.2) is 53.4 Å². The Labute approximate surface area is 349 Å². The molecule has 0 bridgehead atoms. The average molecular weight is 862 g/mol. The Bertz CT molecular complexity index is 2510. The van der Waals surface area contributed by atoms with Crippen LogP contribution >= 0.6 is 11.1 Å². The normalized spacial score (nSPS) is 24.3. The maximum Gasteiger partial charge on any atom is 0.417 e. The molecule has 0 saturated carbocycles. The van der Waals surface area contributed by atoms with E-state index in [4.69, 9.17) is 4.74 Å². The van der Waals surface area contributed by atoms with E-state index in [1.165, 1.54) is 29.3 Å². The molecule has 61 heavy (non-hydrogen) atoms. The van der Waals surface area contributed by atoms with Gasteiger partial charge in [-0.05, 0) is 100 Å². The number of aryl methyl sites for hydroxylation is 1. The Morgan fingerprint density at radius 2 is 1.64 bits per heavy atom. The zero-order valence-electron chi connectivity index (χ0n) is 32.9. The highest BCUT2D eigenvalue weighted by Crippen LogP contribution is 2.49. The molecule has 0 aliphatic carbocycles. The van der Waals surface area contributed by atoms with Crippen LogP contribution in [0.1, 0.15) is 93.7 Å². The number of alkyl halides is 3. The molecule has 2 unspecified atom stereocenters. The van der Waals surface area contributed by atoms with E-state index in [-0.39, 0.29) is 46.2 Å². The fraction of sp³-hybridized carbons (Fsp3) is 0.405. The number of hydrazine groups is 1. The first-order chi connectivity index (χ1) is 28.9. The molecule has 3 aromatic carbocycles. The molecule has 9 rings (SSSR count). The number of halogens is 4. The largest absolute Gasteiger partial charge is 0.487 e. The molecule has 2 N–H and O–H groups in total. The first-order valence-electron chi connectivity index (χ1n) is 19.8. The molecule has 6 aliphatic heterocycles. The van der Waals surface area contributed by atoms with Crippen molar-refractivity contribution in [1.29, 1.82) is 5.26 Å². The summed E-state index contributed by atoms with van der Waals surface area (Å²) in [6.45, 7) is 5.25. The van der Waals surface area contributed by atoms with Gasteiger partial charge >= 0.3 is 6.18 Å². The summed E-state index contributed by atoms with van der Waals surface area (Å²) in [6, 6.07) is 10.9. The minimum atomic E-state index is -4.81. The quantitative estimate of drug-likeness (QED) is 0.189. The fourth-order valence-electron chi connectivity index (χ4n) is 9.17. The molecule has 0 radical (unpaired) electrons. The van der Waals surface area contributed by atoms with Gasteiger partial charge in [0.1, 0.15) is 28.7 Å². The van der Waals surface area contributed by atoms with Crippen molar-refractivity contribution >= 4 is 51.4 Å². The van der Waals surface area contributed by atoms with Gasteiger partial charge in [-0.2, -0.15) is 23.3 Å². The van der Waals surface area contributed by atoms with Crippen molar-refractivity contribution in [2.75, 3.05) is 31.2 Å². The molecule has 4 fully saturated rings. The number of anilines is 1. The van der Waals surface area contributed by atoms with Gasteiger partial charge in [0.15, 0.2) is 0 Å². The number of piperidine rings is 2. The van der Waals surface area contributed by atoms with Crippen LogP contribution in [0, 0.1) is 17.1 Å². The summed E-state index contributed by atoms with van der Waals surface area (Å²) in [5.41, 5.74) is -2.26. The first-order valence-corrected chi connectivity index (χ1v) is 21.2. The van der Waals surface area contributed by atoms with E-state index in [0.717, 1.165) is 28.7 Å². The number of rotatable bonds is 5. The van der Waals surface area contributed by atoms with Crippen molar-refractivity contribution < 1.29 is 51.1 Å². The van der Waals surface area contributed by atoms with E-state index in [1.807, 2.05) is 0 Å². The zero-order chi connectivity index (χ0) is 43.3. The summed E-state index contributed by atoms with van der Waals surface area (Å²) in [5.74, 6) is -3.06. The molecule has 0 aromatic heterocycles. The predicted molar refractivity (Wildman–Crippen MR) is 210 cm³/mol. The van der Waals surface area contributed by atoms with E-state index in [1.54, 1.807) is 30.9 Å². The molecule has 19 heteroatoms. The number of likely N-dealkylation sites (tertiary alicyclic amines) is 2. The van der Waals surface area contributed by atoms with Gasteiger partial charge in [-0.1, -0.05) is 11.1 Å². The van der Waals surface area contributed by atoms with Crippen LogP contribution in [0.25, 0.3) is 0 Å². The van der Waals surface area contributed by atoms with Crippen LogP contribution in [0.5, 0.6) is 5.75 Å². The predicted octanol–water partition coefficient (Wildman–Crippen LogP) is 4.41. The Hall–Kier alpha value is -5.84. The van der Waals surface area contributed by atoms with Gasteiger partial charge in [-0.25, -0.2) is 4.39 Å². The second kappa shape index (κ2) is 14.4. The Morgan fingerprint density at radius 3 is 2.30 bits per heavy atom. The highest BCUT2D eigenvalue weighted by Gasteiger charge is 2.49. The summed E-state index contributed by atoms with van der Waals surface area (Å²) in [6.07, 6.45) is -2.03. The third-order valence-electron chi connectivity index (χ3n) is 12.8. The Kier molecular flexibility index (Phi) is 9.56. The van der Waals surface area contributed by atoms with Gasteiger partial charge in [0, 0.05) is 43.5 Å². The molecule has 1 spiro atoms. The smallest absolute Gasteiger partial charge is 0.417 e. The van der Waals surface area contributed by atoms with Crippen molar-refractivity contribution in [1.82, 2.24) is 24.8 Å². The van der Waals surface area contributed by atoms with Gasteiger partial charge < -0.3 is 9.64 Å². The van der Waals surface area contributed by atoms with Crippen molar-refractivity contribution in [3.63, 3.8) is 0 Å². The van der Waals surface area contributed by atoms with Gasteiger partial charge in [0.05, 0.1) is 39.6 Å². The summed E-state index contributed by atoms with van der Waals surface area (Å²) in [5, 5.41) is 12.4. The van der Waals surface area contributed by atoms with Gasteiger partial charge in [-0.3, -0.25) is 48.9 Å². The van der Waals surface area contributed by atoms with Crippen molar-refractivity contribution in [2.24, 2.45) is 0 Å². The Morgan fingerprint density at radius 1 is 0.934 bits per heavy atom. The number of carbonyl (C=O) groups is 6. The first kappa shape index (κ1) is 40.6. The minimum absolute atomic E-state index is 0.0294. The molecular weight excluding hydrogens is 823 g/mol. The monoisotopic (exact) mass is 861 g/mol. The van der Waals surface area contributed by atoms with Crippen LogP contribution in [-0.2, 0) is 27.0 Å². The van der Waals surface area contributed by atoms with E-state index < -0.39 is 86.0 Å². The number of nitriles is 1. The minimum Gasteiger partial charge on any atom is -0.487 e. The molecular formula is C42H39F4N7O7S. The maximum atomic E-state index is 15.7. The Balaban J connectivity index is 0.810. The summed E-state index contributed by atoms with van der Waals surface area (Å²) in [7, 11) is 0. The zero-order valence-corrected chi connectivity index (χ0v) is 33.8. The second-order valence-corrected chi connectivity index (χ2v) is 18.6. The van der Waals surface area contributed by atoms with Crippen molar-refractivity contribution in [3.8, 4) is 11.8 Å². The van der Waals surface area contributed by atoms with Crippen LogP contribution in [-0.4, -0.2) is 98.8 Å². The number of imide groups is 2. The van der Waals surface area contributed by atoms with E-state index >= 15 is 4.39 Å². The van der Waals surface area contributed by atoms with Gasteiger partial charge in [0.2, 0.25) is 16.9 Å². The number of fused-ring (bicyclic) bond motifs is 2. The number of nitrogens with one attached hydrogen (secondary N) is 2. The lowest BCUT2D eigenvalue weighted by Crippen LogP contribution is -2.64. The van der Waals surface area contributed by atoms with E-state index in [2.05, 4.69) is 15.0 Å². The molecule has 6 aliphatic rings. The van der Waals surface area contributed by atoms with Crippen molar-refractivity contribution in [2.45, 2.75) is 86.7 Å². The van der Waals surface area contributed by atoms with Gasteiger partial charge in [0.25, 0.3) is 17.7 Å². The summed E-state index contributed by atoms with van der Waals surface area (Å²) < 4.78 is 63.4. The highest BCUT2D eigenvalue weighted by atomic mass is 32.2. The molecule has 14 nitrogen and oxygen atoms in total. The summed E-state index contributed by atoms with van der Waals surface area (Å²) in [4.78, 5) is 85.7. The number of hydrogen-bond acceptors (Lipinski definition) is 11. The standard InChI is InChI=1S/C42H39F4N7O7S/c1-40(2)39(59)61(26-5-3-23(19-47)30(17-26)42(44,45)46)49-53(40)24-4-6-27(31(43)16-24)36(56)51-20-25(21-51)50-13-11-41(12-14-50)10-9-22-15-28-29(18-33(22)60-41)38(58)52(37(28)57)32-7-8-34(54)48-35(32)55/h3-6,15-18,25,32,49,61H,7-14,20-21H2,1-2H3,(H,48,54,55). The number of amides is 5. The third kappa shape index (κ3) is 6.71. The molecule has 318 valence electrons. The molecule has 5 amide bonds. The summed E-state index contributed by atoms with van der Waals surface area (Å²) >= 11 is -2.03. The number of benzene rings is 3. The average Bonchev–Trinajstić information content (AvgIpc) is 3.58. The third-order valence-corrected chi connectivity index (χ3v) is 14.9. The molecule has 2 atom stereocenters. The number of nitrogens with zero attached hydrogens (tertiary/aromatic N) is 5.